The van der Waals surface area contributed by atoms with Crippen molar-refractivity contribution in [3.8, 4) is 0 Å². The van der Waals surface area contributed by atoms with E-state index in [1.165, 1.54) is 6.08 Å². The molecule has 1 heterocycles. The lowest BCUT2D eigenvalue weighted by Gasteiger charge is -2.39. The van der Waals surface area contributed by atoms with Crippen molar-refractivity contribution in [2.24, 2.45) is 28.6 Å². The highest BCUT2D eigenvalue weighted by molar-refractivity contribution is 6.38. The quantitative estimate of drug-likeness (QED) is 0.148. The van der Waals surface area contributed by atoms with Gasteiger partial charge in [0.05, 0.1) is 17.8 Å². The molecule has 13 heteroatoms. The van der Waals surface area contributed by atoms with Gasteiger partial charge in [-0.15, -0.1) is 6.58 Å². The van der Waals surface area contributed by atoms with Crippen molar-refractivity contribution in [3.05, 3.63) is 38.7 Å². The average molecular weight is 739 g/mol. The Hall–Kier alpha value is -4.03. The van der Waals surface area contributed by atoms with Gasteiger partial charge in [0.1, 0.15) is 12.1 Å². The summed E-state index contributed by atoms with van der Waals surface area (Å²) in [6, 6.07) is -3.77. The predicted molar refractivity (Wildman–Crippen MR) is 205 cm³/mol. The van der Waals surface area contributed by atoms with Gasteiger partial charge in [0.25, 0.3) is 5.91 Å². The van der Waals surface area contributed by atoms with E-state index < -0.39 is 64.1 Å². The van der Waals surface area contributed by atoms with Crippen molar-refractivity contribution in [1.82, 2.24) is 26.2 Å². The van der Waals surface area contributed by atoms with Crippen LogP contribution in [0.3, 0.4) is 0 Å². The van der Waals surface area contributed by atoms with Gasteiger partial charge in [-0.1, -0.05) is 87.1 Å². The fraction of sp³-hybridized carbons (Fsp3) is 0.725. The fourth-order valence-corrected chi connectivity index (χ4v) is 8.62. The standard InChI is InChI=1S/C40H62N6O7/c1-11-16-25(32(47)36(51)41-19-12-2)42-35(50)31-28-24(40(28,8)9)20-46(31)37(52)29(23-17-14-13-15-18-23)44-38(53)43-26(39(5,6)7)21-45(10)30-27(22(3)4)33(48)34(30)49/h12,22-26,28-29,31H,2,11,13-21H2,1,3-10H3,(H,41,51)(H,42,50)(H2,43,44,53)/t24-,25?,26+,28-,29-,31-/m0/s1. The van der Waals surface area contributed by atoms with Gasteiger partial charge < -0.3 is 31.1 Å². The number of Topliss-reactive ketones (excluding diaryl/α,β-unsaturated/α-hetero) is 1. The zero-order valence-corrected chi connectivity index (χ0v) is 33.2. The molecule has 5 amide bonds. The number of nitrogens with zero attached hydrogens (tertiary/aromatic N) is 2. The van der Waals surface area contributed by atoms with Crippen LogP contribution < -0.4 is 37.0 Å². The molecule has 2 aliphatic carbocycles. The Kier molecular flexibility index (Phi) is 13.0. The number of piperidine rings is 1. The number of urea groups is 1. The number of likely N-dealkylation sites (N-methyl/N-ethyl adjacent to an activating group) is 1. The third-order valence-corrected chi connectivity index (χ3v) is 12.0. The minimum atomic E-state index is -1.04. The smallest absolute Gasteiger partial charge is 0.315 e. The van der Waals surface area contributed by atoms with Gasteiger partial charge in [0, 0.05) is 32.2 Å². The lowest BCUT2D eigenvalue weighted by Crippen LogP contribution is -2.62. The molecule has 1 unspecified atom stereocenters. The fourth-order valence-electron chi connectivity index (χ4n) is 8.62. The van der Waals surface area contributed by atoms with Gasteiger partial charge in [-0.3, -0.25) is 28.8 Å². The summed E-state index contributed by atoms with van der Waals surface area (Å²) in [5.74, 6) is -2.65. The Morgan fingerprint density at radius 3 is 2.21 bits per heavy atom. The van der Waals surface area contributed by atoms with Crippen LogP contribution in [-0.4, -0.2) is 85.3 Å². The number of amides is 5. The second kappa shape index (κ2) is 16.5. The summed E-state index contributed by atoms with van der Waals surface area (Å²) in [6.45, 7) is 20.0. The number of fused-ring (bicyclic) bond motifs is 1. The summed E-state index contributed by atoms with van der Waals surface area (Å²) in [5, 5.41) is 11.4. The summed E-state index contributed by atoms with van der Waals surface area (Å²) in [7, 11) is 1.74. The lowest BCUT2D eigenvalue weighted by molar-refractivity contribution is -0.144. The molecule has 0 spiro atoms. The Balaban J connectivity index is 1.56. The molecular formula is C40H62N6O7. The van der Waals surface area contributed by atoms with Crippen LogP contribution in [0.4, 0.5) is 10.5 Å². The van der Waals surface area contributed by atoms with E-state index >= 15 is 0 Å². The molecule has 0 aromatic heterocycles. The van der Waals surface area contributed by atoms with Crippen molar-refractivity contribution in [2.75, 3.05) is 31.6 Å². The number of carbonyl (C=O) groups excluding carboxylic acids is 5. The molecule has 1 aliphatic heterocycles. The zero-order chi connectivity index (χ0) is 39.6. The number of carbonyl (C=O) groups is 5. The van der Waals surface area contributed by atoms with Gasteiger partial charge in [0.2, 0.25) is 28.5 Å². The van der Waals surface area contributed by atoms with Gasteiger partial charge in [-0.05, 0) is 53.8 Å². The first-order chi connectivity index (χ1) is 24.8. The molecule has 0 bridgehead atoms. The van der Waals surface area contributed by atoms with Crippen LogP contribution in [-0.2, 0) is 19.2 Å². The Morgan fingerprint density at radius 1 is 1.00 bits per heavy atom. The van der Waals surface area contributed by atoms with Crippen molar-refractivity contribution >= 4 is 35.2 Å². The molecule has 2 saturated carbocycles. The average Bonchev–Trinajstić information content (AvgIpc) is 3.39. The maximum Gasteiger partial charge on any atom is 0.315 e. The SMILES string of the molecule is C=CCNC(=O)C(=O)C(CCC)NC(=O)[C@@H]1[C@@H]2[C@H](CN1C(=O)[C@@H](NC(=O)N[C@H](CN(C)c1c(C(C)C)c(=O)c1=O)C(C)(C)C)C1CCCCC1)C2(C)C. The molecule has 53 heavy (non-hydrogen) atoms. The van der Waals surface area contributed by atoms with Crippen molar-refractivity contribution in [1.29, 1.82) is 0 Å². The Morgan fingerprint density at radius 2 is 1.64 bits per heavy atom. The van der Waals surface area contributed by atoms with E-state index in [1.807, 2.05) is 41.5 Å². The Labute approximate surface area is 314 Å². The van der Waals surface area contributed by atoms with E-state index in [9.17, 15) is 33.6 Å². The highest BCUT2D eigenvalue weighted by Crippen LogP contribution is 2.65. The molecule has 1 saturated heterocycles. The molecule has 4 rings (SSSR count). The number of ketones is 1. The first-order valence-electron chi connectivity index (χ1n) is 19.4. The summed E-state index contributed by atoms with van der Waals surface area (Å²) < 4.78 is 0. The highest BCUT2D eigenvalue weighted by Gasteiger charge is 2.69. The number of hydrogen-bond donors (Lipinski definition) is 4. The summed E-state index contributed by atoms with van der Waals surface area (Å²) >= 11 is 0. The minimum absolute atomic E-state index is 0.0752. The van der Waals surface area contributed by atoms with Crippen LogP contribution in [0.2, 0.25) is 0 Å². The predicted octanol–water partition coefficient (Wildman–Crippen LogP) is 3.14. The Bertz CT molecular complexity index is 1630. The summed E-state index contributed by atoms with van der Waals surface area (Å²) in [6.07, 6.45) is 6.67. The van der Waals surface area contributed by atoms with Gasteiger partial charge in [-0.2, -0.15) is 0 Å². The second-order valence-electron chi connectivity index (χ2n) is 17.5. The number of nitrogens with one attached hydrogen (secondary N) is 4. The van der Waals surface area contributed by atoms with Crippen LogP contribution in [0.5, 0.6) is 0 Å². The first-order valence-corrected chi connectivity index (χ1v) is 19.4. The van der Waals surface area contributed by atoms with Crippen molar-refractivity contribution in [3.63, 3.8) is 0 Å². The molecule has 1 aromatic carbocycles. The molecule has 13 nitrogen and oxygen atoms in total. The largest absolute Gasteiger partial charge is 0.369 e. The van der Waals surface area contributed by atoms with E-state index in [0.717, 1.165) is 32.1 Å². The lowest BCUT2D eigenvalue weighted by atomic mass is 9.83. The molecule has 3 fully saturated rings. The number of anilines is 1. The number of hydrogen-bond acceptors (Lipinski definition) is 8. The maximum atomic E-state index is 14.7. The maximum absolute atomic E-state index is 14.7. The molecule has 6 atom stereocenters. The normalized spacial score (nSPS) is 22.7. The topological polar surface area (TPSA) is 174 Å². The van der Waals surface area contributed by atoms with Crippen LogP contribution in [0.1, 0.15) is 112 Å². The molecule has 3 aliphatic rings. The van der Waals surface area contributed by atoms with Gasteiger partial charge >= 0.3 is 6.03 Å². The zero-order valence-electron chi connectivity index (χ0n) is 33.2. The molecule has 294 valence electrons. The monoisotopic (exact) mass is 738 g/mol. The van der Waals surface area contributed by atoms with E-state index in [1.54, 1.807) is 16.8 Å². The van der Waals surface area contributed by atoms with Crippen LogP contribution in [0, 0.1) is 28.6 Å². The van der Waals surface area contributed by atoms with Crippen LogP contribution >= 0.6 is 0 Å². The third kappa shape index (κ3) is 8.86. The van der Waals surface area contributed by atoms with E-state index in [4.69, 9.17) is 0 Å². The minimum Gasteiger partial charge on any atom is -0.369 e. The molecular weight excluding hydrogens is 676 g/mol. The van der Waals surface area contributed by atoms with Crippen molar-refractivity contribution < 1.29 is 24.0 Å². The number of likely N-dealkylation sites (tertiary alicyclic amines) is 1. The van der Waals surface area contributed by atoms with Gasteiger partial charge in [-0.25, -0.2) is 4.79 Å². The molecule has 1 aromatic rings. The second-order valence-corrected chi connectivity index (χ2v) is 17.5. The van der Waals surface area contributed by atoms with E-state index in [-0.39, 0.29) is 54.5 Å². The van der Waals surface area contributed by atoms with E-state index in [2.05, 4.69) is 41.7 Å². The van der Waals surface area contributed by atoms with Crippen molar-refractivity contribution in [2.45, 2.75) is 130 Å². The van der Waals surface area contributed by atoms with Crippen LogP contribution in [0.15, 0.2) is 22.2 Å². The van der Waals surface area contributed by atoms with E-state index in [0.29, 0.717) is 24.2 Å². The van der Waals surface area contributed by atoms with Crippen LogP contribution in [0.25, 0.3) is 0 Å². The summed E-state index contributed by atoms with van der Waals surface area (Å²) in [4.78, 5) is 96.6. The van der Waals surface area contributed by atoms with Gasteiger partial charge in [0.15, 0.2) is 0 Å². The number of rotatable bonds is 16. The third-order valence-electron chi connectivity index (χ3n) is 12.0. The summed E-state index contributed by atoms with van der Waals surface area (Å²) in [5.41, 5.74) is -0.779. The highest BCUT2D eigenvalue weighted by atomic mass is 16.2. The first kappa shape index (κ1) is 41.7. The molecule has 0 radical (unpaired) electrons. The molecule has 4 N–H and O–H groups in total.